The van der Waals surface area contributed by atoms with Gasteiger partial charge in [-0.25, -0.2) is 5.01 Å². The molecule has 0 aliphatic rings. The first kappa shape index (κ1) is 5.07. The van der Waals surface area contributed by atoms with Gasteiger partial charge in [0.1, 0.15) is 6.34 Å². The molecule has 6 heavy (non-hydrogen) atoms. The zero-order valence-electron chi connectivity index (χ0n) is 3.47. The lowest BCUT2D eigenvalue weighted by atomic mass is 11.1. The normalized spacial score (nSPS) is 6.83. The van der Waals surface area contributed by atoms with Gasteiger partial charge in [-0.1, -0.05) is 5.22 Å². The molecule has 0 spiro atoms. The molecule has 0 aromatic rings. The van der Waals surface area contributed by atoms with E-state index >= 15 is 0 Å². The first-order valence-electron chi connectivity index (χ1n) is 1.42. The molecule has 0 unspecified atom stereocenters. The Labute approximate surface area is 35.8 Å². The van der Waals surface area contributed by atoms with Crippen LogP contribution in [0.1, 0.15) is 0 Å². The molecule has 0 saturated carbocycles. The topological polar surface area (TPSA) is 63.3 Å². The molecule has 0 aromatic heterocycles. The average molecular weight is 86.1 g/mol. The van der Waals surface area contributed by atoms with Crippen LogP contribution in [0.25, 0.3) is 0 Å². The van der Waals surface area contributed by atoms with Crippen LogP contribution in [0.15, 0.2) is 5.22 Å². The molecular formula is C2H6N4. The second-order valence-electron chi connectivity index (χ2n) is 0.803. The molecule has 0 heterocycles. The van der Waals surface area contributed by atoms with E-state index in [1.54, 1.807) is 0 Å². The molecule has 0 amide bonds. The summed E-state index contributed by atoms with van der Waals surface area (Å²) >= 11 is 0. The van der Waals surface area contributed by atoms with Gasteiger partial charge in [0.25, 0.3) is 0 Å². The summed E-state index contributed by atoms with van der Waals surface area (Å²) in [6, 6.07) is 0. The number of hydrogen-bond donors (Lipinski definition) is 2. The fraction of sp³-hybridized carbons (Fsp3) is 0.500. The summed E-state index contributed by atoms with van der Waals surface area (Å²) in [5.41, 5.74) is 6.21. The summed E-state index contributed by atoms with van der Waals surface area (Å²) in [7, 11) is 1.51. The molecular weight excluding hydrogens is 80.0 g/mol. The van der Waals surface area contributed by atoms with Crippen molar-refractivity contribution in [2.75, 3.05) is 7.05 Å². The van der Waals surface area contributed by atoms with Crippen LogP contribution in [-0.2, 0) is 0 Å². The second-order valence-corrected chi connectivity index (χ2v) is 0.803. The Bertz CT molecular complexity index is 50.6. The van der Waals surface area contributed by atoms with Crippen LogP contribution in [-0.4, -0.2) is 18.4 Å². The molecule has 0 saturated heterocycles. The standard InChI is InChI=1S/C2H6N4/c1-6(2-3)5-4/h2-4H,1H3. The van der Waals surface area contributed by atoms with Gasteiger partial charge in [-0.2, -0.15) is 5.53 Å². The fourth-order valence-electron chi connectivity index (χ4n) is 0.0289. The fourth-order valence-corrected chi connectivity index (χ4v) is 0.0289. The van der Waals surface area contributed by atoms with Gasteiger partial charge in [0, 0.05) is 7.05 Å². The smallest absolute Gasteiger partial charge is 0.104 e. The van der Waals surface area contributed by atoms with E-state index in [0.29, 0.717) is 0 Å². The molecule has 0 aliphatic carbocycles. The van der Waals surface area contributed by atoms with Crippen molar-refractivity contribution < 1.29 is 0 Å². The van der Waals surface area contributed by atoms with Crippen molar-refractivity contribution >= 4 is 6.34 Å². The van der Waals surface area contributed by atoms with Gasteiger partial charge in [0.15, 0.2) is 0 Å². The Balaban J connectivity index is 3.21. The molecule has 0 bridgehead atoms. The summed E-state index contributed by atoms with van der Waals surface area (Å²) < 4.78 is 0. The van der Waals surface area contributed by atoms with Crippen LogP contribution >= 0.6 is 0 Å². The minimum absolute atomic E-state index is 0.951. The van der Waals surface area contributed by atoms with Crippen molar-refractivity contribution in [2.45, 2.75) is 0 Å². The highest BCUT2D eigenvalue weighted by Gasteiger charge is 1.73. The minimum atomic E-state index is 0.951. The van der Waals surface area contributed by atoms with Gasteiger partial charge in [-0.15, -0.1) is 0 Å². The molecule has 0 atom stereocenters. The van der Waals surface area contributed by atoms with Gasteiger partial charge in [0.05, 0.1) is 0 Å². The van der Waals surface area contributed by atoms with Gasteiger partial charge >= 0.3 is 0 Å². The summed E-state index contributed by atoms with van der Waals surface area (Å²) in [6.45, 7) is 0. The molecule has 2 N–H and O–H groups in total. The van der Waals surface area contributed by atoms with Crippen LogP contribution in [0.2, 0.25) is 0 Å². The lowest BCUT2D eigenvalue weighted by molar-refractivity contribution is 0.500. The second kappa shape index (κ2) is 2.32. The third-order valence-electron chi connectivity index (χ3n) is 0.345. The molecule has 4 nitrogen and oxygen atoms in total. The summed E-state index contributed by atoms with van der Waals surface area (Å²) in [4.78, 5) is 0. The van der Waals surface area contributed by atoms with Gasteiger partial charge in [0.2, 0.25) is 0 Å². The van der Waals surface area contributed by atoms with Gasteiger partial charge in [-0.3, -0.25) is 5.41 Å². The third-order valence-corrected chi connectivity index (χ3v) is 0.345. The Morgan fingerprint density at radius 3 is 2.33 bits per heavy atom. The van der Waals surface area contributed by atoms with Crippen molar-refractivity contribution in [2.24, 2.45) is 5.22 Å². The Morgan fingerprint density at radius 1 is 1.83 bits per heavy atom. The van der Waals surface area contributed by atoms with E-state index in [-0.39, 0.29) is 0 Å². The van der Waals surface area contributed by atoms with E-state index in [1.165, 1.54) is 7.05 Å². The van der Waals surface area contributed by atoms with Crippen molar-refractivity contribution in [1.82, 2.24) is 5.01 Å². The highest BCUT2D eigenvalue weighted by atomic mass is 15.5. The quantitative estimate of drug-likeness (QED) is 0.218. The number of hydrogen-bond acceptors (Lipinski definition) is 3. The zero-order chi connectivity index (χ0) is 4.99. The number of nitrogens with one attached hydrogen (secondary N) is 2. The van der Waals surface area contributed by atoms with E-state index in [1.807, 2.05) is 0 Å². The maximum absolute atomic E-state index is 6.40. The van der Waals surface area contributed by atoms with Crippen molar-refractivity contribution in [3.63, 3.8) is 0 Å². The zero-order valence-corrected chi connectivity index (χ0v) is 3.47. The van der Waals surface area contributed by atoms with Crippen LogP contribution < -0.4 is 0 Å². The average Bonchev–Trinajstić information content (AvgIpc) is 1.65. The molecule has 34 valence electrons. The van der Waals surface area contributed by atoms with Crippen LogP contribution in [0.4, 0.5) is 0 Å². The predicted octanol–water partition coefficient (Wildman–Crippen LogP) is 0.471. The predicted molar refractivity (Wildman–Crippen MR) is 21.7 cm³/mol. The summed E-state index contributed by atoms with van der Waals surface area (Å²) in [5, 5.41) is 10.3. The molecule has 0 radical (unpaired) electrons. The Hall–Kier alpha value is -0.930. The molecule has 4 heteroatoms. The highest BCUT2D eigenvalue weighted by molar-refractivity contribution is 5.48. The lowest BCUT2D eigenvalue weighted by Crippen LogP contribution is -2.03. The van der Waals surface area contributed by atoms with Crippen molar-refractivity contribution in [1.29, 1.82) is 10.9 Å². The van der Waals surface area contributed by atoms with Gasteiger partial charge < -0.3 is 0 Å². The Morgan fingerprint density at radius 2 is 2.33 bits per heavy atom. The number of nitrogens with zero attached hydrogens (tertiary/aromatic N) is 2. The monoisotopic (exact) mass is 86.1 g/mol. The summed E-state index contributed by atoms with van der Waals surface area (Å²) in [6.07, 6.45) is 0.951. The van der Waals surface area contributed by atoms with E-state index in [4.69, 9.17) is 10.9 Å². The van der Waals surface area contributed by atoms with Crippen LogP contribution in [0, 0.1) is 10.9 Å². The van der Waals surface area contributed by atoms with E-state index in [0.717, 1.165) is 11.3 Å². The first-order valence-corrected chi connectivity index (χ1v) is 1.42. The van der Waals surface area contributed by atoms with Crippen molar-refractivity contribution in [3.05, 3.63) is 0 Å². The summed E-state index contributed by atoms with van der Waals surface area (Å²) in [5.74, 6) is 0. The minimum Gasteiger partial charge on any atom is -0.290 e. The van der Waals surface area contributed by atoms with Gasteiger partial charge in [-0.05, 0) is 0 Å². The maximum Gasteiger partial charge on any atom is 0.104 e. The SMILES string of the molecule is CN(C=N)N=N. The molecule has 0 rings (SSSR count). The lowest BCUT2D eigenvalue weighted by Gasteiger charge is -1.95. The van der Waals surface area contributed by atoms with E-state index < -0.39 is 0 Å². The van der Waals surface area contributed by atoms with Crippen LogP contribution in [0.3, 0.4) is 0 Å². The number of rotatable bonds is 2. The molecule has 0 aliphatic heterocycles. The first-order chi connectivity index (χ1) is 2.81. The Kier molecular flexibility index (Phi) is 1.96. The highest BCUT2D eigenvalue weighted by Crippen LogP contribution is 1.68. The third kappa shape index (κ3) is 1.40. The maximum atomic E-state index is 6.40. The molecule has 0 fully saturated rings. The van der Waals surface area contributed by atoms with Crippen molar-refractivity contribution in [3.8, 4) is 0 Å². The molecule has 0 aromatic carbocycles. The van der Waals surface area contributed by atoms with Crippen LogP contribution in [0.5, 0.6) is 0 Å². The largest absolute Gasteiger partial charge is 0.290 e. The van der Waals surface area contributed by atoms with E-state index in [2.05, 4.69) is 5.22 Å². The van der Waals surface area contributed by atoms with E-state index in [9.17, 15) is 0 Å².